The molecule has 0 radical (unpaired) electrons. The van der Waals surface area contributed by atoms with Crippen molar-refractivity contribution >= 4 is 39.1 Å². The van der Waals surface area contributed by atoms with Gasteiger partial charge in [-0.2, -0.15) is 0 Å². The third-order valence-electron chi connectivity index (χ3n) is 2.29. The number of nitrogens with one attached hydrogen (secondary N) is 1. The number of anilines is 1. The number of aromatic nitrogens is 2. The van der Waals surface area contributed by atoms with E-state index in [1.807, 2.05) is 12.1 Å². The van der Waals surface area contributed by atoms with Crippen LogP contribution in [0.5, 0.6) is 0 Å². The van der Waals surface area contributed by atoms with E-state index in [4.69, 9.17) is 0 Å². The summed E-state index contributed by atoms with van der Waals surface area (Å²) in [5, 5.41) is 3.17. The Morgan fingerprint density at radius 1 is 1.47 bits per heavy atom. The zero-order valence-electron chi connectivity index (χ0n) is 10.4. The minimum Gasteiger partial charge on any atom is -0.463 e. The lowest BCUT2D eigenvalue weighted by Crippen LogP contribution is -2.11. The standard InChI is InChI=1S/C12H12BrN3O2S/c1-7-5-10(16-11(15-7)12(17)18-2)14-6-8-3-4-9(13)19-8/h3-5H,6H2,1-2H3,(H,14,15,16). The molecule has 2 rings (SSSR count). The normalized spacial score (nSPS) is 10.3. The number of aryl methyl sites for hydroxylation is 1. The molecule has 0 aliphatic carbocycles. The van der Waals surface area contributed by atoms with Crippen molar-refractivity contribution in [3.05, 3.63) is 38.4 Å². The average molecular weight is 342 g/mol. The van der Waals surface area contributed by atoms with Gasteiger partial charge in [0.2, 0.25) is 5.82 Å². The zero-order valence-corrected chi connectivity index (χ0v) is 12.8. The highest BCUT2D eigenvalue weighted by Gasteiger charge is 2.11. The van der Waals surface area contributed by atoms with E-state index in [0.717, 1.165) is 3.79 Å². The van der Waals surface area contributed by atoms with E-state index in [2.05, 4.69) is 36.0 Å². The van der Waals surface area contributed by atoms with Crippen LogP contribution in [-0.2, 0) is 11.3 Å². The van der Waals surface area contributed by atoms with Crippen molar-refractivity contribution in [2.75, 3.05) is 12.4 Å². The molecule has 0 amide bonds. The first kappa shape index (κ1) is 14.0. The smallest absolute Gasteiger partial charge is 0.376 e. The molecule has 7 heteroatoms. The fourth-order valence-electron chi connectivity index (χ4n) is 1.47. The SMILES string of the molecule is COC(=O)c1nc(C)cc(NCc2ccc(Br)s2)n1. The highest BCUT2D eigenvalue weighted by molar-refractivity contribution is 9.11. The summed E-state index contributed by atoms with van der Waals surface area (Å²) in [7, 11) is 1.31. The molecule has 19 heavy (non-hydrogen) atoms. The molecule has 0 saturated heterocycles. The molecule has 2 aromatic heterocycles. The van der Waals surface area contributed by atoms with E-state index in [1.165, 1.54) is 12.0 Å². The second-order valence-electron chi connectivity index (χ2n) is 3.77. The molecule has 0 aliphatic rings. The van der Waals surface area contributed by atoms with E-state index in [-0.39, 0.29) is 5.82 Å². The van der Waals surface area contributed by atoms with Crippen molar-refractivity contribution in [3.63, 3.8) is 0 Å². The van der Waals surface area contributed by atoms with Crippen LogP contribution in [0.25, 0.3) is 0 Å². The van der Waals surface area contributed by atoms with E-state index in [0.29, 0.717) is 18.1 Å². The van der Waals surface area contributed by atoms with E-state index in [1.54, 1.807) is 24.3 Å². The minimum absolute atomic E-state index is 0.0670. The third-order valence-corrected chi connectivity index (χ3v) is 3.92. The minimum atomic E-state index is -0.536. The maximum atomic E-state index is 11.4. The second-order valence-corrected chi connectivity index (χ2v) is 6.32. The van der Waals surface area contributed by atoms with Crippen LogP contribution in [0.3, 0.4) is 0 Å². The summed E-state index contributed by atoms with van der Waals surface area (Å²) in [6, 6.07) is 5.80. The largest absolute Gasteiger partial charge is 0.463 e. The van der Waals surface area contributed by atoms with Crippen molar-refractivity contribution in [3.8, 4) is 0 Å². The number of thiophene rings is 1. The Morgan fingerprint density at radius 3 is 2.89 bits per heavy atom. The summed E-state index contributed by atoms with van der Waals surface area (Å²) in [6.07, 6.45) is 0. The Bertz CT molecular complexity index is 600. The first-order valence-electron chi connectivity index (χ1n) is 5.50. The van der Waals surface area contributed by atoms with Gasteiger partial charge in [0.05, 0.1) is 17.4 Å². The molecular weight excluding hydrogens is 330 g/mol. The van der Waals surface area contributed by atoms with Gasteiger partial charge in [0.25, 0.3) is 0 Å². The summed E-state index contributed by atoms with van der Waals surface area (Å²) in [6.45, 7) is 2.45. The van der Waals surface area contributed by atoms with Gasteiger partial charge in [-0.15, -0.1) is 11.3 Å². The highest BCUT2D eigenvalue weighted by atomic mass is 79.9. The van der Waals surface area contributed by atoms with E-state index in [9.17, 15) is 4.79 Å². The Hall–Kier alpha value is -1.47. The number of rotatable bonds is 4. The quantitative estimate of drug-likeness (QED) is 0.866. The molecule has 0 atom stereocenters. The number of hydrogen-bond acceptors (Lipinski definition) is 6. The predicted molar refractivity (Wildman–Crippen MR) is 77.5 cm³/mol. The molecule has 2 heterocycles. The molecule has 2 aromatic rings. The molecule has 1 N–H and O–H groups in total. The van der Waals surface area contributed by atoms with Crippen molar-refractivity contribution < 1.29 is 9.53 Å². The van der Waals surface area contributed by atoms with Crippen LogP contribution in [0.15, 0.2) is 22.0 Å². The molecule has 0 bridgehead atoms. The molecule has 0 spiro atoms. The van der Waals surface area contributed by atoms with Gasteiger partial charge in [0.15, 0.2) is 0 Å². The Balaban J connectivity index is 2.11. The van der Waals surface area contributed by atoms with Crippen LogP contribution in [0.1, 0.15) is 21.2 Å². The summed E-state index contributed by atoms with van der Waals surface area (Å²) < 4.78 is 5.70. The van der Waals surface area contributed by atoms with Crippen LogP contribution < -0.4 is 5.32 Å². The summed E-state index contributed by atoms with van der Waals surface area (Å²) >= 11 is 5.06. The van der Waals surface area contributed by atoms with E-state index < -0.39 is 5.97 Å². The number of nitrogens with zero attached hydrogens (tertiary/aromatic N) is 2. The first-order valence-corrected chi connectivity index (χ1v) is 7.11. The molecule has 0 fully saturated rings. The Morgan fingerprint density at radius 2 is 2.26 bits per heavy atom. The van der Waals surface area contributed by atoms with Crippen LogP contribution in [0, 0.1) is 6.92 Å². The topological polar surface area (TPSA) is 64.1 Å². The molecule has 0 aromatic carbocycles. The molecule has 0 saturated carbocycles. The molecule has 5 nitrogen and oxygen atoms in total. The zero-order chi connectivity index (χ0) is 13.8. The lowest BCUT2D eigenvalue weighted by Gasteiger charge is -2.06. The third kappa shape index (κ3) is 3.74. The van der Waals surface area contributed by atoms with Crippen molar-refractivity contribution in [1.82, 2.24) is 9.97 Å². The maximum Gasteiger partial charge on any atom is 0.376 e. The second kappa shape index (κ2) is 6.12. The first-order chi connectivity index (χ1) is 9.08. The number of carbonyl (C=O) groups is 1. The fraction of sp³-hybridized carbons (Fsp3) is 0.250. The van der Waals surface area contributed by atoms with E-state index >= 15 is 0 Å². The van der Waals surface area contributed by atoms with Gasteiger partial charge in [-0.1, -0.05) is 0 Å². The summed E-state index contributed by atoms with van der Waals surface area (Å²) in [4.78, 5) is 20.7. The predicted octanol–water partition coefficient (Wildman–Crippen LogP) is 3.01. The fourth-order valence-corrected chi connectivity index (χ4v) is 2.89. The molecule has 0 unspecified atom stereocenters. The van der Waals surface area contributed by atoms with Crippen LogP contribution in [-0.4, -0.2) is 23.0 Å². The summed E-state index contributed by atoms with van der Waals surface area (Å²) in [5.41, 5.74) is 0.713. The van der Waals surface area contributed by atoms with Gasteiger partial charge in [0, 0.05) is 16.6 Å². The van der Waals surface area contributed by atoms with Crippen LogP contribution in [0.2, 0.25) is 0 Å². The Labute approximate surface area is 123 Å². The molecule has 0 aliphatic heterocycles. The number of carbonyl (C=O) groups excluding carboxylic acids is 1. The number of halogens is 1. The monoisotopic (exact) mass is 341 g/mol. The number of ether oxygens (including phenoxy) is 1. The van der Waals surface area contributed by atoms with Gasteiger partial charge in [-0.3, -0.25) is 0 Å². The van der Waals surface area contributed by atoms with Gasteiger partial charge >= 0.3 is 5.97 Å². The number of esters is 1. The number of methoxy groups -OCH3 is 1. The van der Waals surface area contributed by atoms with Gasteiger partial charge < -0.3 is 10.1 Å². The van der Waals surface area contributed by atoms with Crippen LogP contribution >= 0.6 is 27.3 Å². The van der Waals surface area contributed by atoms with Gasteiger partial charge in [-0.25, -0.2) is 14.8 Å². The lowest BCUT2D eigenvalue weighted by atomic mass is 10.4. The molecular formula is C12H12BrN3O2S. The average Bonchev–Trinajstić information content (AvgIpc) is 2.80. The van der Waals surface area contributed by atoms with Crippen molar-refractivity contribution in [2.45, 2.75) is 13.5 Å². The van der Waals surface area contributed by atoms with Gasteiger partial charge in [-0.05, 0) is 35.0 Å². The van der Waals surface area contributed by atoms with Crippen molar-refractivity contribution in [1.29, 1.82) is 0 Å². The Kier molecular flexibility index (Phi) is 4.49. The summed E-state index contributed by atoms with van der Waals surface area (Å²) in [5.74, 6) is 0.139. The lowest BCUT2D eigenvalue weighted by molar-refractivity contribution is 0.0586. The highest BCUT2D eigenvalue weighted by Crippen LogP contribution is 2.22. The maximum absolute atomic E-state index is 11.4. The van der Waals surface area contributed by atoms with Gasteiger partial charge in [0.1, 0.15) is 5.82 Å². The van der Waals surface area contributed by atoms with Crippen molar-refractivity contribution in [2.24, 2.45) is 0 Å². The molecule has 100 valence electrons. The van der Waals surface area contributed by atoms with Crippen LogP contribution in [0.4, 0.5) is 5.82 Å². The number of hydrogen-bond donors (Lipinski definition) is 1.